The van der Waals surface area contributed by atoms with Crippen molar-refractivity contribution in [1.29, 1.82) is 0 Å². The Bertz CT molecular complexity index is 3230. The normalized spacial score (nSPS) is 15.4. The van der Waals surface area contributed by atoms with Gasteiger partial charge in [-0.1, -0.05) is 162 Å². The first-order valence-electron chi connectivity index (χ1n) is 21.7. The van der Waals surface area contributed by atoms with Crippen molar-refractivity contribution in [3.8, 4) is 44.5 Å². The third-order valence-electron chi connectivity index (χ3n) is 12.3. The Hall–Kier alpha value is -8.00. The fourth-order valence-corrected chi connectivity index (χ4v) is 9.51. The maximum absolute atomic E-state index is 14.8. The average Bonchev–Trinajstić information content (AvgIpc) is 3.37. The Balaban J connectivity index is 0.967. The number of carbonyl (C=O) groups excluding carboxylic acids is 2. The van der Waals surface area contributed by atoms with Crippen LogP contribution in [0.3, 0.4) is 0 Å². The van der Waals surface area contributed by atoms with Gasteiger partial charge in [0.1, 0.15) is 12.3 Å². The largest absolute Gasteiger partial charge is 0.360 e. The molecule has 0 radical (unpaired) electrons. The predicted octanol–water partition coefficient (Wildman–Crippen LogP) is 14.7. The minimum Gasteiger partial charge on any atom is -0.360 e. The van der Waals surface area contributed by atoms with Crippen LogP contribution in [0.25, 0.3) is 44.5 Å². The lowest BCUT2D eigenvalue weighted by atomic mass is 9.92. The SMILES string of the molecule is O=C1c2ccccc2NC(c2cccc(Br)c2)N1c1cccc(-c2ccc(-c3cc(-c4ccccc4)cc(C4Nc5ccc(-c6ccccc6)cc5C(=O)N4c4ccccc4)c3)cc2)c1. The average molecular weight is 906 g/mol. The highest BCUT2D eigenvalue weighted by Gasteiger charge is 2.36. The Morgan fingerprint density at radius 3 is 1.51 bits per heavy atom. The van der Waals surface area contributed by atoms with Gasteiger partial charge in [0.25, 0.3) is 11.8 Å². The number of anilines is 4. The standard InChI is InChI=1S/C58H41BrN4O2/c59-48-20-12-19-44(35-48)55-60-53-25-11-10-24-51(53)57(64)63(55)50-23-13-18-42(36-50)40-26-28-41(29-27-40)46-32-45(39-16-6-2-7-17-39)33-47(34-46)56-61-54-31-30-43(38-14-4-1-5-15-38)37-52(54)58(65)62(56)49-21-8-3-9-22-49/h1-37,55-56,60-61H. The molecule has 2 heterocycles. The van der Waals surface area contributed by atoms with E-state index in [4.69, 9.17) is 0 Å². The molecule has 2 N–H and O–H groups in total. The van der Waals surface area contributed by atoms with Gasteiger partial charge in [0.2, 0.25) is 0 Å². The number of benzene rings is 9. The molecule has 2 amide bonds. The van der Waals surface area contributed by atoms with Gasteiger partial charge in [-0.05, 0) is 134 Å². The zero-order chi connectivity index (χ0) is 43.9. The zero-order valence-electron chi connectivity index (χ0n) is 35.1. The smallest absolute Gasteiger partial charge is 0.262 e. The molecular weight excluding hydrogens is 865 g/mol. The molecule has 0 fully saturated rings. The van der Waals surface area contributed by atoms with Gasteiger partial charge in [-0.3, -0.25) is 19.4 Å². The number of para-hydroxylation sites is 2. The van der Waals surface area contributed by atoms with E-state index >= 15 is 0 Å². The summed E-state index contributed by atoms with van der Waals surface area (Å²) in [5.74, 6) is -0.133. The topological polar surface area (TPSA) is 64.7 Å². The molecule has 0 bridgehead atoms. The second-order valence-corrected chi connectivity index (χ2v) is 17.3. The molecule has 2 aliphatic heterocycles. The van der Waals surface area contributed by atoms with Crippen LogP contribution in [0.1, 0.15) is 44.2 Å². The van der Waals surface area contributed by atoms with Crippen molar-refractivity contribution in [1.82, 2.24) is 0 Å². The molecule has 2 aliphatic rings. The van der Waals surface area contributed by atoms with E-state index < -0.39 is 12.3 Å². The maximum Gasteiger partial charge on any atom is 0.262 e. The summed E-state index contributed by atoms with van der Waals surface area (Å²) in [7, 11) is 0. The van der Waals surface area contributed by atoms with Gasteiger partial charge in [0.05, 0.1) is 11.1 Å². The number of carbonyl (C=O) groups is 2. The van der Waals surface area contributed by atoms with E-state index in [2.05, 4.69) is 130 Å². The molecule has 7 heteroatoms. The number of hydrogen-bond donors (Lipinski definition) is 2. The molecule has 9 aromatic rings. The first-order valence-corrected chi connectivity index (χ1v) is 22.4. The number of nitrogens with zero attached hydrogens (tertiary/aromatic N) is 2. The van der Waals surface area contributed by atoms with Crippen molar-refractivity contribution < 1.29 is 9.59 Å². The lowest BCUT2D eigenvalue weighted by Crippen LogP contribution is -2.43. The molecule has 0 spiro atoms. The van der Waals surface area contributed by atoms with Crippen LogP contribution in [0, 0.1) is 0 Å². The third kappa shape index (κ3) is 7.66. The summed E-state index contributed by atoms with van der Waals surface area (Å²) >= 11 is 3.64. The Labute approximate surface area is 386 Å². The van der Waals surface area contributed by atoms with Crippen LogP contribution < -0.4 is 20.4 Å². The number of fused-ring (bicyclic) bond motifs is 2. The maximum atomic E-state index is 14.8. The van der Waals surface area contributed by atoms with E-state index in [-0.39, 0.29) is 11.8 Å². The van der Waals surface area contributed by atoms with E-state index in [1.54, 1.807) is 0 Å². The third-order valence-corrected chi connectivity index (χ3v) is 12.8. The quantitative estimate of drug-likeness (QED) is 0.159. The molecule has 0 aliphatic carbocycles. The highest BCUT2D eigenvalue weighted by atomic mass is 79.9. The molecule has 0 saturated carbocycles. The summed E-state index contributed by atoms with van der Waals surface area (Å²) in [5, 5.41) is 7.42. The molecule has 6 nitrogen and oxygen atoms in total. The van der Waals surface area contributed by atoms with Crippen LogP contribution in [-0.2, 0) is 0 Å². The van der Waals surface area contributed by atoms with Crippen molar-refractivity contribution in [2.45, 2.75) is 12.3 Å². The number of hydrogen-bond acceptors (Lipinski definition) is 4. The van der Waals surface area contributed by atoms with Gasteiger partial charge in [-0.2, -0.15) is 0 Å². The van der Waals surface area contributed by atoms with Gasteiger partial charge in [0, 0.05) is 27.2 Å². The second kappa shape index (κ2) is 16.9. The van der Waals surface area contributed by atoms with E-state index in [0.29, 0.717) is 11.1 Å². The minimum atomic E-state index is -0.496. The summed E-state index contributed by atoms with van der Waals surface area (Å²) in [6, 6.07) is 75.7. The summed E-state index contributed by atoms with van der Waals surface area (Å²) in [4.78, 5) is 32.9. The van der Waals surface area contributed by atoms with Crippen LogP contribution in [0.4, 0.5) is 22.7 Å². The van der Waals surface area contributed by atoms with Crippen molar-refractivity contribution in [3.63, 3.8) is 0 Å². The van der Waals surface area contributed by atoms with Crippen LogP contribution in [-0.4, -0.2) is 11.8 Å². The zero-order valence-corrected chi connectivity index (χ0v) is 36.7. The van der Waals surface area contributed by atoms with Crippen LogP contribution in [0.15, 0.2) is 229 Å². The molecular formula is C58H41BrN4O2. The summed E-state index contributed by atoms with van der Waals surface area (Å²) in [6.45, 7) is 0. The lowest BCUT2D eigenvalue weighted by Gasteiger charge is -2.38. The number of nitrogens with one attached hydrogen (secondary N) is 2. The Kier molecular flexibility index (Phi) is 10.4. The van der Waals surface area contributed by atoms with E-state index in [9.17, 15) is 9.59 Å². The fraction of sp³-hybridized carbons (Fsp3) is 0.0345. The van der Waals surface area contributed by atoms with Crippen molar-refractivity contribution >= 4 is 50.5 Å². The fourth-order valence-electron chi connectivity index (χ4n) is 9.10. The van der Waals surface area contributed by atoms with E-state index in [0.717, 1.165) is 82.9 Å². The lowest BCUT2D eigenvalue weighted by molar-refractivity contribution is 0.0967. The van der Waals surface area contributed by atoms with Gasteiger partial charge in [0.15, 0.2) is 0 Å². The number of halogens is 1. The Morgan fingerprint density at radius 1 is 0.338 bits per heavy atom. The van der Waals surface area contributed by atoms with Crippen LogP contribution in [0.2, 0.25) is 0 Å². The van der Waals surface area contributed by atoms with Crippen molar-refractivity contribution in [2.24, 2.45) is 0 Å². The highest BCUT2D eigenvalue weighted by Crippen LogP contribution is 2.42. The number of rotatable bonds is 8. The summed E-state index contributed by atoms with van der Waals surface area (Å²) in [5.41, 5.74) is 14.6. The molecule has 312 valence electrons. The first kappa shape index (κ1) is 39.8. The summed E-state index contributed by atoms with van der Waals surface area (Å²) in [6.07, 6.45) is -0.908. The van der Waals surface area contributed by atoms with Crippen molar-refractivity contribution in [2.75, 3.05) is 20.4 Å². The van der Waals surface area contributed by atoms with Gasteiger partial charge < -0.3 is 10.6 Å². The molecule has 0 saturated heterocycles. The first-order chi connectivity index (χ1) is 31.9. The molecule has 9 aromatic carbocycles. The van der Waals surface area contributed by atoms with Gasteiger partial charge >= 0.3 is 0 Å². The van der Waals surface area contributed by atoms with Crippen molar-refractivity contribution in [3.05, 3.63) is 251 Å². The minimum absolute atomic E-state index is 0.0636. The monoisotopic (exact) mass is 904 g/mol. The highest BCUT2D eigenvalue weighted by molar-refractivity contribution is 9.10. The van der Waals surface area contributed by atoms with Gasteiger partial charge in [-0.25, -0.2) is 0 Å². The van der Waals surface area contributed by atoms with Crippen LogP contribution >= 0.6 is 15.9 Å². The molecule has 2 unspecified atom stereocenters. The molecule has 11 rings (SSSR count). The summed E-state index contributed by atoms with van der Waals surface area (Å²) < 4.78 is 0.943. The van der Waals surface area contributed by atoms with E-state index in [1.165, 1.54) is 0 Å². The molecule has 0 aromatic heterocycles. The predicted molar refractivity (Wildman–Crippen MR) is 268 cm³/mol. The van der Waals surface area contributed by atoms with Crippen LogP contribution in [0.5, 0.6) is 0 Å². The van der Waals surface area contributed by atoms with E-state index in [1.807, 2.05) is 131 Å². The molecule has 2 atom stereocenters. The second-order valence-electron chi connectivity index (χ2n) is 16.3. The Morgan fingerprint density at radius 2 is 0.815 bits per heavy atom. The molecule has 65 heavy (non-hydrogen) atoms. The number of amides is 2. The van der Waals surface area contributed by atoms with Gasteiger partial charge in [-0.15, -0.1) is 0 Å².